The number of nitrogens with zero attached hydrogens (tertiary/aromatic N) is 2. The Morgan fingerprint density at radius 3 is 2.57 bits per heavy atom. The second kappa shape index (κ2) is 3.48. The lowest BCUT2D eigenvalue weighted by atomic mass is 10.2. The minimum Gasteiger partial charge on any atom is -0.424 e. The number of hydrogen-bond acceptors (Lipinski definition) is 4. The van der Waals surface area contributed by atoms with E-state index in [1.807, 2.05) is 0 Å². The van der Waals surface area contributed by atoms with Crippen LogP contribution in [0.4, 0.5) is 6.01 Å². The van der Waals surface area contributed by atoms with E-state index < -0.39 is 0 Å². The summed E-state index contributed by atoms with van der Waals surface area (Å²) in [5, 5.41) is 0.771. The number of rotatable bonds is 1. The molecule has 0 atom stereocenters. The molecule has 0 spiro atoms. The van der Waals surface area contributed by atoms with Gasteiger partial charge in [-0.05, 0) is 6.07 Å². The molecular formula is C8H5Cl2N3O. The highest BCUT2D eigenvalue weighted by Gasteiger charge is 2.09. The molecule has 0 aliphatic carbocycles. The first kappa shape index (κ1) is 9.30. The van der Waals surface area contributed by atoms with Gasteiger partial charge in [0.15, 0.2) is 5.76 Å². The highest BCUT2D eigenvalue weighted by molar-refractivity contribution is 6.35. The monoisotopic (exact) mass is 229 g/mol. The van der Waals surface area contributed by atoms with Gasteiger partial charge in [-0.15, -0.1) is 0 Å². The van der Waals surface area contributed by atoms with Gasteiger partial charge in [-0.25, -0.2) is 9.97 Å². The number of pyridine rings is 1. The van der Waals surface area contributed by atoms with Gasteiger partial charge in [-0.1, -0.05) is 23.2 Å². The molecule has 0 fully saturated rings. The first-order valence-corrected chi connectivity index (χ1v) is 4.45. The fourth-order valence-corrected chi connectivity index (χ4v) is 1.46. The predicted octanol–water partition coefficient (Wildman–Crippen LogP) is 2.63. The van der Waals surface area contributed by atoms with Crippen LogP contribution in [0, 0.1) is 0 Å². The molecule has 72 valence electrons. The lowest BCUT2D eigenvalue weighted by Gasteiger charge is -1.98. The summed E-state index contributed by atoms with van der Waals surface area (Å²) in [5.74, 6) is 0.469. The molecule has 2 aromatic rings. The molecule has 0 saturated carbocycles. The van der Waals surface area contributed by atoms with Crippen LogP contribution in [0.5, 0.6) is 0 Å². The van der Waals surface area contributed by atoms with Gasteiger partial charge in [-0.3, -0.25) is 0 Å². The van der Waals surface area contributed by atoms with Gasteiger partial charge in [0.25, 0.3) is 6.01 Å². The predicted molar refractivity (Wildman–Crippen MR) is 54.2 cm³/mol. The Labute approximate surface area is 89.7 Å². The molecule has 0 saturated heterocycles. The fraction of sp³-hybridized carbons (Fsp3) is 0. The molecule has 0 aromatic carbocycles. The maximum absolute atomic E-state index is 5.92. The lowest BCUT2D eigenvalue weighted by Crippen LogP contribution is -1.81. The topological polar surface area (TPSA) is 64.9 Å². The van der Waals surface area contributed by atoms with Gasteiger partial charge >= 0.3 is 0 Å². The summed E-state index contributed by atoms with van der Waals surface area (Å²) < 4.78 is 5.09. The number of anilines is 1. The van der Waals surface area contributed by atoms with Crippen molar-refractivity contribution in [1.82, 2.24) is 9.97 Å². The number of halogens is 2. The SMILES string of the molecule is Nc1ncc(-c2cnc(Cl)cc2Cl)o1. The molecule has 6 heteroatoms. The van der Waals surface area contributed by atoms with E-state index in [2.05, 4.69) is 9.97 Å². The van der Waals surface area contributed by atoms with Crippen molar-refractivity contribution < 1.29 is 4.42 Å². The smallest absolute Gasteiger partial charge is 0.292 e. The van der Waals surface area contributed by atoms with Crippen molar-refractivity contribution in [3.63, 3.8) is 0 Å². The molecular weight excluding hydrogens is 225 g/mol. The van der Waals surface area contributed by atoms with Crippen LogP contribution >= 0.6 is 23.2 Å². The Bertz CT molecular complexity index is 469. The average molecular weight is 230 g/mol. The molecule has 2 N–H and O–H groups in total. The maximum Gasteiger partial charge on any atom is 0.292 e. The van der Waals surface area contributed by atoms with Crippen molar-refractivity contribution in [1.29, 1.82) is 0 Å². The number of nitrogens with two attached hydrogens (primary N) is 1. The molecule has 0 aliphatic heterocycles. The van der Waals surface area contributed by atoms with Gasteiger partial charge in [0, 0.05) is 6.20 Å². The zero-order chi connectivity index (χ0) is 10.1. The van der Waals surface area contributed by atoms with E-state index >= 15 is 0 Å². The number of aromatic nitrogens is 2. The quantitative estimate of drug-likeness (QED) is 0.764. The highest BCUT2D eigenvalue weighted by atomic mass is 35.5. The average Bonchev–Trinajstić information content (AvgIpc) is 2.51. The zero-order valence-electron chi connectivity index (χ0n) is 6.87. The van der Waals surface area contributed by atoms with Gasteiger partial charge < -0.3 is 10.2 Å². The van der Waals surface area contributed by atoms with E-state index in [1.54, 1.807) is 0 Å². The lowest BCUT2D eigenvalue weighted by molar-refractivity contribution is 0.594. The van der Waals surface area contributed by atoms with Crippen molar-refractivity contribution in [2.75, 3.05) is 5.73 Å². The number of hydrogen-bond donors (Lipinski definition) is 1. The summed E-state index contributed by atoms with van der Waals surface area (Å²) in [5.41, 5.74) is 5.94. The Morgan fingerprint density at radius 1 is 1.21 bits per heavy atom. The van der Waals surface area contributed by atoms with Crippen molar-refractivity contribution in [2.24, 2.45) is 0 Å². The van der Waals surface area contributed by atoms with Gasteiger partial charge in [0.1, 0.15) is 5.15 Å². The molecule has 2 aromatic heterocycles. The molecule has 0 radical (unpaired) electrons. The summed E-state index contributed by atoms with van der Waals surface area (Å²) in [6.45, 7) is 0. The third kappa shape index (κ3) is 1.66. The fourth-order valence-electron chi connectivity index (χ4n) is 1.00. The Hall–Kier alpha value is -1.26. The van der Waals surface area contributed by atoms with E-state index in [-0.39, 0.29) is 6.01 Å². The second-order valence-corrected chi connectivity index (χ2v) is 3.34. The van der Waals surface area contributed by atoms with E-state index in [0.717, 1.165) is 0 Å². The van der Waals surface area contributed by atoms with Crippen LogP contribution in [-0.2, 0) is 0 Å². The Morgan fingerprint density at radius 2 is 2.00 bits per heavy atom. The first-order valence-electron chi connectivity index (χ1n) is 3.69. The summed E-state index contributed by atoms with van der Waals surface area (Å²) in [7, 11) is 0. The van der Waals surface area contributed by atoms with E-state index in [9.17, 15) is 0 Å². The van der Waals surface area contributed by atoms with Gasteiger partial charge in [0.2, 0.25) is 0 Å². The molecule has 2 heterocycles. The van der Waals surface area contributed by atoms with Crippen molar-refractivity contribution >= 4 is 29.2 Å². The maximum atomic E-state index is 5.92. The third-order valence-electron chi connectivity index (χ3n) is 1.61. The van der Waals surface area contributed by atoms with E-state index in [0.29, 0.717) is 21.5 Å². The minimum absolute atomic E-state index is 0.0889. The molecule has 0 amide bonds. The standard InChI is InChI=1S/C8H5Cl2N3O/c9-5-1-7(10)12-2-4(5)6-3-13-8(11)14-6/h1-3H,(H2,11,13). The van der Waals surface area contributed by atoms with Crippen LogP contribution in [0.1, 0.15) is 0 Å². The van der Waals surface area contributed by atoms with Crippen molar-refractivity contribution in [2.45, 2.75) is 0 Å². The largest absolute Gasteiger partial charge is 0.424 e. The van der Waals surface area contributed by atoms with Crippen molar-refractivity contribution in [3.8, 4) is 11.3 Å². The summed E-state index contributed by atoms with van der Waals surface area (Å²) in [6.07, 6.45) is 2.98. The van der Waals surface area contributed by atoms with Crippen LogP contribution in [0.2, 0.25) is 10.2 Å². The molecule has 14 heavy (non-hydrogen) atoms. The van der Waals surface area contributed by atoms with Crippen LogP contribution < -0.4 is 5.73 Å². The van der Waals surface area contributed by atoms with E-state index in [4.69, 9.17) is 33.4 Å². The number of oxazole rings is 1. The normalized spacial score (nSPS) is 10.4. The highest BCUT2D eigenvalue weighted by Crippen LogP contribution is 2.29. The van der Waals surface area contributed by atoms with Gasteiger partial charge in [-0.2, -0.15) is 0 Å². The van der Waals surface area contributed by atoms with Crippen molar-refractivity contribution in [3.05, 3.63) is 28.6 Å². The third-order valence-corrected chi connectivity index (χ3v) is 2.13. The molecule has 0 aliphatic rings. The number of nitrogen functional groups attached to an aromatic ring is 1. The Balaban J connectivity index is 2.52. The zero-order valence-corrected chi connectivity index (χ0v) is 8.38. The molecule has 0 bridgehead atoms. The van der Waals surface area contributed by atoms with Crippen LogP contribution in [0.15, 0.2) is 22.9 Å². The minimum atomic E-state index is 0.0889. The second-order valence-electron chi connectivity index (χ2n) is 2.55. The molecule has 4 nitrogen and oxygen atoms in total. The summed E-state index contributed by atoms with van der Waals surface area (Å²) >= 11 is 11.6. The molecule has 2 rings (SSSR count). The van der Waals surface area contributed by atoms with Crippen LogP contribution in [0.3, 0.4) is 0 Å². The van der Waals surface area contributed by atoms with E-state index in [1.165, 1.54) is 18.5 Å². The first-order chi connectivity index (χ1) is 6.66. The summed E-state index contributed by atoms with van der Waals surface area (Å²) in [6, 6.07) is 1.61. The van der Waals surface area contributed by atoms with Gasteiger partial charge in [0.05, 0.1) is 16.8 Å². The van der Waals surface area contributed by atoms with Crippen LogP contribution in [-0.4, -0.2) is 9.97 Å². The molecule has 0 unspecified atom stereocenters. The van der Waals surface area contributed by atoms with Crippen LogP contribution in [0.25, 0.3) is 11.3 Å². The Kier molecular flexibility index (Phi) is 2.31. The summed E-state index contributed by atoms with van der Waals surface area (Å²) in [4.78, 5) is 7.63.